The van der Waals surface area contributed by atoms with Crippen LogP contribution in [0.4, 0.5) is 0 Å². The number of ether oxygens (including phenoxy) is 1. The van der Waals surface area contributed by atoms with E-state index in [9.17, 15) is 9.90 Å². The number of hydrogen-bond donors (Lipinski definition) is 1. The third-order valence-electron chi connectivity index (χ3n) is 2.70. The molecule has 92 valence electrons. The van der Waals surface area contributed by atoms with Gasteiger partial charge in [-0.1, -0.05) is 11.6 Å². The van der Waals surface area contributed by atoms with E-state index in [1.807, 2.05) is 0 Å². The molecule has 1 fully saturated rings. The average molecular weight is 256 g/mol. The lowest BCUT2D eigenvalue weighted by Crippen LogP contribution is -2.33. The SMILES string of the molecule is O=C(c1ccc(O)c(Cl)c1)N1CCCOCC1. The molecule has 1 aromatic rings. The quantitative estimate of drug-likeness (QED) is 0.834. The molecule has 1 aliphatic heterocycles. The van der Waals surface area contributed by atoms with Gasteiger partial charge in [-0.05, 0) is 24.6 Å². The van der Waals surface area contributed by atoms with Gasteiger partial charge in [0.25, 0.3) is 5.91 Å². The van der Waals surface area contributed by atoms with Crippen molar-refractivity contribution >= 4 is 17.5 Å². The van der Waals surface area contributed by atoms with Crippen molar-refractivity contribution in [1.29, 1.82) is 0 Å². The highest BCUT2D eigenvalue weighted by atomic mass is 35.5. The van der Waals surface area contributed by atoms with Crippen molar-refractivity contribution in [1.82, 2.24) is 4.90 Å². The molecule has 0 aromatic heterocycles. The molecule has 1 heterocycles. The second-order valence-corrected chi connectivity index (χ2v) is 4.33. The molecule has 0 aliphatic carbocycles. The molecular formula is C12H14ClNO3. The number of halogens is 1. The van der Waals surface area contributed by atoms with E-state index in [1.165, 1.54) is 12.1 Å². The number of carbonyl (C=O) groups excluding carboxylic acids is 1. The Morgan fingerprint density at radius 1 is 1.35 bits per heavy atom. The fourth-order valence-corrected chi connectivity index (χ4v) is 1.95. The minimum absolute atomic E-state index is 0.0117. The summed E-state index contributed by atoms with van der Waals surface area (Å²) in [5.74, 6) is -0.0835. The van der Waals surface area contributed by atoms with Gasteiger partial charge >= 0.3 is 0 Å². The summed E-state index contributed by atoms with van der Waals surface area (Å²) in [4.78, 5) is 13.9. The zero-order valence-electron chi connectivity index (χ0n) is 9.36. The molecule has 0 bridgehead atoms. The van der Waals surface area contributed by atoms with E-state index in [2.05, 4.69) is 0 Å². The van der Waals surface area contributed by atoms with Crippen LogP contribution >= 0.6 is 11.6 Å². The van der Waals surface area contributed by atoms with Gasteiger partial charge in [-0.25, -0.2) is 0 Å². The smallest absolute Gasteiger partial charge is 0.253 e. The predicted molar refractivity (Wildman–Crippen MR) is 64.5 cm³/mol. The predicted octanol–water partition coefficient (Wildman–Crippen LogP) is 1.91. The Morgan fingerprint density at radius 2 is 2.18 bits per heavy atom. The number of nitrogens with zero attached hydrogens (tertiary/aromatic N) is 1. The van der Waals surface area contributed by atoms with Gasteiger partial charge in [0.05, 0.1) is 11.6 Å². The molecule has 1 aliphatic rings. The lowest BCUT2D eigenvalue weighted by Gasteiger charge is -2.19. The molecule has 4 nitrogen and oxygen atoms in total. The third-order valence-corrected chi connectivity index (χ3v) is 3.01. The van der Waals surface area contributed by atoms with Crippen LogP contribution < -0.4 is 0 Å². The maximum atomic E-state index is 12.1. The van der Waals surface area contributed by atoms with Gasteiger partial charge in [0.2, 0.25) is 0 Å². The summed E-state index contributed by atoms with van der Waals surface area (Å²) >= 11 is 5.78. The summed E-state index contributed by atoms with van der Waals surface area (Å²) in [5.41, 5.74) is 0.495. The Balaban J connectivity index is 2.14. The van der Waals surface area contributed by atoms with Gasteiger partial charge in [-0.3, -0.25) is 4.79 Å². The molecule has 1 aromatic carbocycles. The number of aromatic hydroxyl groups is 1. The first-order chi connectivity index (χ1) is 8.18. The topological polar surface area (TPSA) is 49.8 Å². The molecule has 1 saturated heterocycles. The average Bonchev–Trinajstić information content (AvgIpc) is 2.60. The first-order valence-corrected chi connectivity index (χ1v) is 5.92. The number of benzene rings is 1. The van der Waals surface area contributed by atoms with Crippen molar-refractivity contribution in [3.63, 3.8) is 0 Å². The maximum Gasteiger partial charge on any atom is 0.253 e. The summed E-state index contributed by atoms with van der Waals surface area (Å²) in [6, 6.07) is 4.50. The molecule has 0 spiro atoms. The minimum Gasteiger partial charge on any atom is -0.506 e. The fraction of sp³-hybridized carbons (Fsp3) is 0.417. The number of carbonyl (C=O) groups is 1. The van der Waals surface area contributed by atoms with Crippen LogP contribution in [0.1, 0.15) is 16.8 Å². The van der Waals surface area contributed by atoms with E-state index in [1.54, 1.807) is 11.0 Å². The highest BCUT2D eigenvalue weighted by Crippen LogP contribution is 2.24. The van der Waals surface area contributed by atoms with Gasteiger partial charge in [-0.15, -0.1) is 0 Å². The van der Waals surface area contributed by atoms with Crippen molar-refractivity contribution in [2.24, 2.45) is 0 Å². The molecule has 0 saturated carbocycles. The summed E-state index contributed by atoms with van der Waals surface area (Å²) < 4.78 is 5.29. The second kappa shape index (κ2) is 5.38. The van der Waals surface area contributed by atoms with E-state index >= 15 is 0 Å². The normalized spacial score (nSPS) is 16.6. The van der Waals surface area contributed by atoms with Gasteiger partial charge in [0.15, 0.2) is 0 Å². The van der Waals surface area contributed by atoms with Crippen molar-refractivity contribution < 1.29 is 14.6 Å². The first-order valence-electron chi connectivity index (χ1n) is 5.54. The molecule has 0 unspecified atom stereocenters. The van der Waals surface area contributed by atoms with E-state index in [0.29, 0.717) is 31.9 Å². The zero-order valence-corrected chi connectivity index (χ0v) is 10.1. The van der Waals surface area contributed by atoms with E-state index in [-0.39, 0.29) is 16.7 Å². The van der Waals surface area contributed by atoms with Crippen LogP contribution in [0.3, 0.4) is 0 Å². The Morgan fingerprint density at radius 3 is 2.94 bits per heavy atom. The number of amides is 1. The van der Waals surface area contributed by atoms with Gasteiger partial charge in [0, 0.05) is 25.3 Å². The van der Waals surface area contributed by atoms with Gasteiger partial charge in [0.1, 0.15) is 5.75 Å². The molecule has 1 amide bonds. The summed E-state index contributed by atoms with van der Waals surface area (Å²) in [5, 5.41) is 9.50. The van der Waals surface area contributed by atoms with Crippen LogP contribution in [0, 0.1) is 0 Å². The minimum atomic E-state index is -0.0719. The van der Waals surface area contributed by atoms with Crippen LogP contribution in [0.25, 0.3) is 0 Å². The number of rotatable bonds is 1. The van der Waals surface area contributed by atoms with Crippen LogP contribution in [-0.2, 0) is 4.74 Å². The standard InChI is InChI=1S/C12H14ClNO3/c13-10-8-9(2-3-11(10)15)12(16)14-4-1-6-17-7-5-14/h2-3,8,15H,1,4-7H2. The van der Waals surface area contributed by atoms with Crippen molar-refractivity contribution in [3.05, 3.63) is 28.8 Å². The van der Waals surface area contributed by atoms with Crippen molar-refractivity contribution in [2.45, 2.75) is 6.42 Å². The van der Waals surface area contributed by atoms with E-state index in [4.69, 9.17) is 16.3 Å². The number of hydrogen-bond acceptors (Lipinski definition) is 3. The molecule has 0 atom stereocenters. The van der Waals surface area contributed by atoms with Gasteiger partial charge < -0.3 is 14.7 Å². The lowest BCUT2D eigenvalue weighted by atomic mass is 10.2. The Kier molecular flexibility index (Phi) is 3.86. The molecule has 0 radical (unpaired) electrons. The second-order valence-electron chi connectivity index (χ2n) is 3.92. The molecule has 1 N–H and O–H groups in total. The third kappa shape index (κ3) is 2.90. The maximum absolute atomic E-state index is 12.1. The highest BCUT2D eigenvalue weighted by molar-refractivity contribution is 6.32. The Hall–Kier alpha value is -1.26. The number of phenols is 1. The van der Waals surface area contributed by atoms with Crippen LogP contribution in [0.5, 0.6) is 5.75 Å². The molecule has 5 heteroatoms. The molecular weight excluding hydrogens is 242 g/mol. The van der Waals surface area contributed by atoms with E-state index in [0.717, 1.165) is 6.42 Å². The number of phenolic OH excluding ortho intramolecular Hbond substituents is 1. The lowest BCUT2D eigenvalue weighted by molar-refractivity contribution is 0.0741. The van der Waals surface area contributed by atoms with Crippen molar-refractivity contribution in [3.8, 4) is 5.75 Å². The monoisotopic (exact) mass is 255 g/mol. The largest absolute Gasteiger partial charge is 0.506 e. The van der Waals surface area contributed by atoms with Gasteiger partial charge in [-0.2, -0.15) is 0 Å². The van der Waals surface area contributed by atoms with Crippen LogP contribution in [-0.4, -0.2) is 42.2 Å². The van der Waals surface area contributed by atoms with Crippen LogP contribution in [0.2, 0.25) is 5.02 Å². The Bertz CT molecular complexity index is 414. The molecule has 17 heavy (non-hydrogen) atoms. The highest BCUT2D eigenvalue weighted by Gasteiger charge is 2.18. The summed E-state index contributed by atoms with van der Waals surface area (Å²) in [6.45, 7) is 2.55. The summed E-state index contributed by atoms with van der Waals surface area (Å²) in [7, 11) is 0. The first kappa shape index (κ1) is 12.2. The van der Waals surface area contributed by atoms with E-state index < -0.39 is 0 Å². The molecule has 2 rings (SSSR count). The fourth-order valence-electron chi connectivity index (χ4n) is 1.77. The van der Waals surface area contributed by atoms with Crippen LogP contribution in [0.15, 0.2) is 18.2 Å². The van der Waals surface area contributed by atoms with Crippen molar-refractivity contribution in [2.75, 3.05) is 26.3 Å². The zero-order chi connectivity index (χ0) is 12.3. The summed E-state index contributed by atoms with van der Waals surface area (Å²) in [6.07, 6.45) is 0.845. The Labute approximate surface area is 105 Å².